The number of rotatable bonds is 6. The predicted octanol–water partition coefficient (Wildman–Crippen LogP) is 4.99. The fourth-order valence-electron chi connectivity index (χ4n) is 2.73. The highest BCUT2D eigenvalue weighted by Crippen LogP contribution is 2.29. The number of benzene rings is 2. The Balaban J connectivity index is 2.08. The number of carbonyl (C=O) groups excluding carboxylic acids is 1. The molecule has 0 spiro atoms. The molecule has 4 heteroatoms. The number of nitrogens with one attached hydrogen (secondary N) is 1. The molecule has 4 nitrogen and oxygen atoms in total. The minimum absolute atomic E-state index is 0.634. The third-order valence-electron chi connectivity index (χ3n) is 3.87. The first kappa shape index (κ1) is 17.4. The number of para-hydroxylation sites is 1. The molecular weight excluding hydrogens is 322 g/mol. The van der Waals surface area contributed by atoms with Crippen LogP contribution in [-0.4, -0.2) is 11.3 Å². The molecule has 26 heavy (non-hydrogen) atoms. The van der Waals surface area contributed by atoms with Gasteiger partial charge < -0.3 is 5.32 Å². The van der Waals surface area contributed by atoms with Crippen LogP contribution in [0.3, 0.4) is 0 Å². The number of anilines is 3. The fraction of sp³-hybridized carbons (Fsp3) is 0.0909. The molecule has 0 aliphatic carbocycles. The quantitative estimate of drug-likeness (QED) is 0.506. The normalized spacial score (nSPS) is 11.1. The van der Waals surface area contributed by atoms with Crippen molar-refractivity contribution in [3.8, 4) is 0 Å². The maximum Gasteiger partial charge on any atom is 0.146 e. The summed E-state index contributed by atoms with van der Waals surface area (Å²) in [5.41, 5.74) is 3.87. The molecule has 0 amide bonds. The smallest absolute Gasteiger partial charge is 0.146 e. The molecule has 0 saturated heterocycles. The van der Waals surface area contributed by atoms with E-state index in [0.717, 1.165) is 34.7 Å². The maximum atomic E-state index is 11.3. The molecule has 3 rings (SSSR count). The number of carbonyl (C=O) groups is 1. The molecule has 0 radical (unpaired) electrons. The van der Waals surface area contributed by atoms with Gasteiger partial charge in [0.2, 0.25) is 0 Å². The first-order valence-electron chi connectivity index (χ1n) is 8.45. The van der Waals surface area contributed by atoms with Crippen molar-refractivity contribution in [1.82, 2.24) is 4.98 Å². The lowest BCUT2D eigenvalue weighted by Gasteiger charge is -2.27. The van der Waals surface area contributed by atoms with Crippen LogP contribution in [-0.2, 0) is 4.79 Å². The molecule has 0 aliphatic heterocycles. The Morgan fingerprint density at radius 1 is 0.962 bits per heavy atom. The van der Waals surface area contributed by atoms with Gasteiger partial charge in [-0.2, -0.15) is 0 Å². The number of aryl methyl sites for hydroxylation is 2. The summed E-state index contributed by atoms with van der Waals surface area (Å²) in [4.78, 5) is 17.9. The Labute approximate surface area is 153 Å². The largest absolute Gasteiger partial charge is 0.341 e. The van der Waals surface area contributed by atoms with Crippen molar-refractivity contribution >= 4 is 23.5 Å². The van der Waals surface area contributed by atoms with Gasteiger partial charge in [-0.05, 0) is 55.8 Å². The van der Waals surface area contributed by atoms with Crippen LogP contribution < -0.4 is 10.2 Å². The van der Waals surface area contributed by atoms with Crippen molar-refractivity contribution < 1.29 is 4.79 Å². The first-order chi connectivity index (χ1) is 12.7. The van der Waals surface area contributed by atoms with Crippen LogP contribution in [0, 0.1) is 13.8 Å². The third kappa shape index (κ3) is 4.16. The molecule has 1 N–H and O–H groups in total. The van der Waals surface area contributed by atoms with Gasteiger partial charge in [-0.1, -0.05) is 36.4 Å². The minimum Gasteiger partial charge on any atom is -0.341 e. The predicted molar refractivity (Wildman–Crippen MR) is 107 cm³/mol. The molecule has 0 saturated carbocycles. The Hall–Kier alpha value is -3.40. The molecule has 3 aromatic rings. The highest BCUT2D eigenvalue weighted by atomic mass is 16.1. The van der Waals surface area contributed by atoms with Crippen LogP contribution in [0.4, 0.5) is 17.2 Å². The average Bonchev–Trinajstić information content (AvgIpc) is 2.63. The SMILES string of the molecule is Cc1cccc(N/C(=C/C=O)N(c2ccccc2)c2cccc(C)n2)c1. The number of nitrogens with zero attached hydrogens (tertiary/aromatic N) is 2. The molecule has 0 fully saturated rings. The molecule has 1 aromatic heterocycles. The standard InChI is InChI=1S/C22H21N3O/c1-17-8-6-10-19(16-17)24-22(14-15-26)25(20-11-4-3-5-12-20)21-13-7-9-18(2)23-21/h3-16,24H,1-2H3/b22-14-. The zero-order valence-corrected chi connectivity index (χ0v) is 14.9. The number of allylic oxidation sites excluding steroid dienone is 1. The number of hydrogen-bond donors (Lipinski definition) is 1. The number of aldehydes is 1. The molecular formula is C22H21N3O. The fourth-order valence-corrected chi connectivity index (χ4v) is 2.73. The van der Waals surface area contributed by atoms with Crippen LogP contribution in [0.1, 0.15) is 11.3 Å². The second kappa shape index (κ2) is 8.12. The number of hydrogen-bond acceptors (Lipinski definition) is 4. The highest BCUT2D eigenvalue weighted by Gasteiger charge is 2.16. The van der Waals surface area contributed by atoms with E-state index in [1.165, 1.54) is 6.08 Å². The van der Waals surface area contributed by atoms with Gasteiger partial charge in [-0.3, -0.25) is 9.69 Å². The summed E-state index contributed by atoms with van der Waals surface area (Å²) in [6, 6.07) is 23.7. The molecule has 130 valence electrons. The maximum absolute atomic E-state index is 11.3. The van der Waals surface area contributed by atoms with Crippen LogP contribution in [0.2, 0.25) is 0 Å². The van der Waals surface area contributed by atoms with Crippen LogP contribution in [0.25, 0.3) is 0 Å². The first-order valence-corrected chi connectivity index (χ1v) is 8.45. The van der Waals surface area contributed by atoms with Crippen LogP contribution in [0.15, 0.2) is 84.7 Å². The van der Waals surface area contributed by atoms with E-state index in [1.807, 2.05) is 91.5 Å². The van der Waals surface area contributed by atoms with Crippen molar-refractivity contribution in [1.29, 1.82) is 0 Å². The summed E-state index contributed by atoms with van der Waals surface area (Å²) < 4.78 is 0. The molecule has 0 bridgehead atoms. The van der Waals surface area contributed by atoms with E-state index >= 15 is 0 Å². The zero-order valence-electron chi connectivity index (χ0n) is 14.9. The second-order valence-corrected chi connectivity index (χ2v) is 5.99. The lowest BCUT2D eigenvalue weighted by Crippen LogP contribution is -2.23. The van der Waals surface area contributed by atoms with Gasteiger partial charge in [-0.15, -0.1) is 0 Å². The van der Waals surface area contributed by atoms with Gasteiger partial charge in [-0.25, -0.2) is 4.98 Å². The molecule has 0 aliphatic rings. The van der Waals surface area contributed by atoms with E-state index < -0.39 is 0 Å². The van der Waals surface area contributed by atoms with Gasteiger partial charge in [0.05, 0.1) is 0 Å². The van der Waals surface area contributed by atoms with Gasteiger partial charge in [0.1, 0.15) is 17.9 Å². The van der Waals surface area contributed by atoms with Crippen molar-refractivity contribution in [3.05, 3.63) is 96.0 Å². The Morgan fingerprint density at radius 3 is 2.42 bits per heavy atom. The van der Waals surface area contributed by atoms with Crippen LogP contribution in [0.5, 0.6) is 0 Å². The van der Waals surface area contributed by atoms with Gasteiger partial charge in [0.15, 0.2) is 0 Å². The highest BCUT2D eigenvalue weighted by molar-refractivity contribution is 5.76. The summed E-state index contributed by atoms with van der Waals surface area (Å²) in [6.45, 7) is 3.98. The van der Waals surface area contributed by atoms with Gasteiger partial charge in [0.25, 0.3) is 0 Å². The van der Waals surface area contributed by atoms with Crippen molar-refractivity contribution in [2.45, 2.75) is 13.8 Å². The van der Waals surface area contributed by atoms with Gasteiger partial charge in [0, 0.05) is 23.1 Å². The second-order valence-electron chi connectivity index (χ2n) is 5.99. The van der Waals surface area contributed by atoms with E-state index in [-0.39, 0.29) is 0 Å². The molecule has 1 heterocycles. The zero-order chi connectivity index (χ0) is 18.4. The Bertz CT molecular complexity index is 919. The van der Waals surface area contributed by atoms with E-state index in [0.29, 0.717) is 5.82 Å². The van der Waals surface area contributed by atoms with Crippen LogP contribution >= 0.6 is 0 Å². The summed E-state index contributed by atoms with van der Waals surface area (Å²) in [5.74, 6) is 1.37. The van der Waals surface area contributed by atoms with E-state index in [4.69, 9.17) is 0 Å². The number of aromatic nitrogens is 1. The summed E-state index contributed by atoms with van der Waals surface area (Å²) in [5, 5.41) is 3.35. The van der Waals surface area contributed by atoms with E-state index in [1.54, 1.807) is 0 Å². The van der Waals surface area contributed by atoms with Crippen molar-refractivity contribution in [2.24, 2.45) is 0 Å². The van der Waals surface area contributed by atoms with E-state index in [9.17, 15) is 4.79 Å². The molecule has 0 atom stereocenters. The van der Waals surface area contributed by atoms with Gasteiger partial charge >= 0.3 is 0 Å². The third-order valence-corrected chi connectivity index (χ3v) is 3.87. The monoisotopic (exact) mass is 343 g/mol. The number of pyridine rings is 1. The molecule has 2 aromatic carbocycles. The summed E-state index contributed by atoms with van der Waals surface area (Å²) in [7, 11) is 0. The minimum atomic E-state index is 0.634. The Morgan fingerprint density at radius 2 is 1.73 bits per heavy atom. The van der Waals surface area contributed by atoms with Crippen molar-refractivity contribution in [2.75, 3.05) is 10.2 Å². The van der Waals surface area contributed by atoms with E-state index in [2.05, 4.69) is 10.3 Å². The Kier molecular flexibility index (Phi) is 5.44. The summed E-state index contributed by atoms with van der Waals surface area (Å²) in [6.07, 6.45) is 2.29. The lowest BCUT2D eigenvalue weighted by molar-refractivity contribution is -0.104. The summed E-state index contributed by atoms with van der Waals surface area (Å²) >= 11 is 0. The topological polar surface area (TPSA) is 45.2 Å². The van der Waals surface area contributed by atoms with Crippen molar-refractivity contribution in [3.63, 3.8) is 0 Å². The molecule has 0 unspecified atom stereocenters. The lowest BCUT2D eigenvalue weighted by atomic mass is 10.2. The average molecular weight is 343 g/mol.